The van der Waals surface area contributed by atoms with Gasteiger partial charge in [0.2, 0.25) is 0 Å². The third-order valence-electron chi connectivity index (χ3n) is 2.47. The van der Waals surface area contributed by atoms with Crippen LogP contribution in [0.2, 0.25) is 0 Å². The minimum absolute atomic E-state index is 0.258. The average molecular weight is 268 g/mol. The molecule has 0 aliphatic carbocycles. The van der Waals surface area contributed by atoms with Gasteiger partial charge in [-0.1, -0.05) is 0 Å². The van der Waals surface area contributed by atoms with Gasteiger partial charge in [0.1, 0.15) is 5.75 Å². The number of aliphatic hydroxyl groups is 1. The topological polar surface area (TPSA) is 111 Å². The Kier molecular flexibility index (Phi) is 5.13. The zero-order chi connectivity index (χ0) is 14.4. The standard InChI is InChI=1S/C12H16N2O5/c1-18-10-5-7(3-4-8(10)13)11(16)14-9(6-15)12(17)19-2/h3-5,9,15H,6,13H2,1-2H3,(H,14,16)/t9-/m0/s1. The molecule has 7 nitrogen and oxygen atoms in total. The summed E-state index contributed by atoms with van der Waals surface area (Å²) in [5, 5.41) is 11.4. The fourth-order valence-corrected chi connectivity index (χ4v) is 1.42. The van der Waals surface area contributed by atoms with Crippen LogP contribution in [0, 0.1) is 0 Å². The number of nitrogens with two attached hydrogens (primary N) is 1. The molecule has 0 aromatic heterocycles. The Morgan fingerprint density at radius 3 is 2.63 bits per heavy atom. The van der Waals surface area contributed by atoms with Gasteiger partial charge in [0, 0.05) is 5.56 Å². The summed E-state index contributed by atoms with van der Waals surface area (Å²) in [6, 6.07) is 3.33. The summed E-state index contributed by atoms with van der Waals surface area (Å²) in [4.78, 5) is 23.1. The molecule has 0 bridgehead atoms. The fourth-order valence-electron chi connectivity index (χ4n) is 1.42. The van der Waals surface area contributed by atoms with Gasteiger partial charge in [-0.15, -0.1) is 0 Å². The van der Waals surface area contributed by atoms with Crippen LogP contribution < -0.4 is 15.8 Å². The number of nitrogen functional groups attached to an aromatic ring is 1. The van der Waals surface area contributed by atoms with Crippen molar-refractivity contribution in [2.45, 2.75) is 6.04 Å². The van der Waals surface area contributed by atoms with Crippen LogP contribution in [0.15, 0.2) is 18.2 Å². The summed E-state index contributed by atoms with van der Waals surface area (Å²) >= 11 is 0. The number of rotatable bonds is 5. The first-order chi connectivity index (χ1) is 9.03. The maximum absolute atomic E-state index is 11.9. The predicted molar refractivity (Wildman–Crippen MR) is 67.8 cm³/mol. The van der Waals surface area contributed by atoms with E-state index in [1.807, 2.05) is 0 Å². The first-order valence-corrected chi connectivity index (χ1v) is 5.46. The first-order valence-electron chi connectivity index (χ1n) is 5.46. The Hall–Kier alpha value is -2.28. The van der Waals surface area contributed by atoms with E-state index in [0.29, 0.717) is 11.4 Å². The van der Waals surface area contributed by atoms with Gasteiger partial charge in [0.25, 0.3) is 5.91 Å². The smallest absolute Gasteiger partial charge is 0.330 e. The van der Waals surface area contributed by atoms with E-state index < -0.39 is 24.5 Å². The van der Waals surface area contributed by atoms with Crippen LogP contribution in [-0.2, 0) is 9.53 Å². The third kappa shape index (κ3) is 3.59. The molecule has 0 saturated carbocycles. The Morgan fingerprint density at radius 2 is 2.11 bits per heavy atom. The number of carbonyl (C=O) groups excluding carboxylic acids is 2. The molecule has 1 amide bonds. The molecule has 0 radical (unpaired) electrons. The summed E-state index contributed by atoms with van der Waals surface area (Å²) in [7, 11) is 2.60. The monoisotopic (exact) mass is 268 g/mol. The number of anilines is 1. The average Bonchev–Trinajstić information content (AvgIpc) is 2.44. The van der Waals surface area contributed by atoms with E-state index in [4.69, 9.17) is 15.6 Å². The molecule has 0 unspecified atom stereocenters. The number of benzene rings is 1. The zero-order valence-electron chi connectivity index (χ0n) is 10.7. The fraction of sp³-hybridized carbons (Fsp3) is 0.333. The molecule has 0 heterocycles. The molecule has 1 rings (SSSR count). The van der Waals surface area contributed by atoms with Crippen molar-refractivity contribution in [1.29, 1.82) is 0 Å². The molecular formula is C12H16N2O5. The predicted octanol–water partition coefficient (Wildman–Crippen LogP) is -0.459. The van der Waals surface area contributed by atoms with Crippen LogP contribution in [0.1, 0.15) is 10.4 Å². The summed E-state index contributed by atoms with van der Waals surface area (Å²) in [5.41, 5.74) is 6.28. The SMILES string of the molecule is COC(=O)[C@H](CO)NC(=O)c1ccc(N)c(OC)c1. The van der Waals surface area contributed by atoms with E-state index in [1.165, 1.54) is 32.4 Å². The molecule has 0 aliphatic heterocycles. The largest absolute Gasteiger partial charge is 0.495 e. The molecule has 1 aromatic carbocycles. The van der Waals surface area contributed by atoms with Gasteiger partial charge in [0.05, 0.1) is 26.5 Å². The zero-order valence-corrected chi connectivity index (χ0v) is 10.7. The molecule has 0 aliphatic rings. The van der Waals surface area contributed by atoms with Crippen LogP contribution in [0.4, 0.5) is 5.69 Å². The number of amides is 1. The van der Waals surface area contributed by atoms with Crippen LogP contribution in [0.5, 0.6) is 5.75 Å². The molecule has 0 fully saturated rings. The Bertz CT molecular complexity index is 475. The van der Waals surface area contributed by atoms with Crippen molar-refractivity contribution >= 4 is 17.6 Å². The number of nitrogens with one attached hydrogen (secondary N) is 1. The van der Waals surface area contributed by atoms with Gasteiger partial charge in [-0.05, 0) is 18.2 Å². The number of carbonyl (C=O) groups is 2. The Balaban J connectivity index is 2.85. The number of hydrogen-bond acceptors (Lipinski definition) is 6. The second-order valence-electron chi connectivity index (χ2n) is 3.69. The quantitative estimate of drug-likeness (QED) is 0.492. The van der Waals surface area contributed by atoms with Gasteiger partial charge < -0.3 is 25.6 Å². The van der Waals surface area contributed by atoms with Crippen LogP contribution in [-0.4, -0.2) is 43.9 Å². The summed E-state index contributed by atoms with van der Waals surface area (Å²) in [6.07, 6.45) is 0. The van der Waals surface area contributed by atoms with E-state index in [9.17, 15) is 9.59 Å². The highest BCUT2D eigenvalue weighted by molar-refractivity contribution is 5.97. The lowest BCUT2D eigenvalue weighted by molar-refractivity contribution is -0.143. The van der Waals surface area contributed by atoms with Gasteiger partial charge in [0.15, 0.2) is 6.04 Å². The van der Waals surface area contributed by atoms with Crippen molar-refractivity contribution in [2.75, 3.05) is 26.6 Å². The normalized spacial score (nSPS) is 11.5. The lowest BCUT2D eigenvalue weighted by Crippen LogP contribution is -2.44. The first kappa shape index (κ1) is 14.8. The third-order valence-corrected chi connectivity index (χ3v) is 2.47. The highest BCUT2D eigenvalue weighted by Gasteiger charge is 2.21. The van der Waals surface area contributed by atoms with Crippen LogP contribution in [0.3, 0.4) is 0 Å². The minimum atomic E-state index is -1.11. The second kappa shape index (κ2) is 6.60. The molecule has 19 heavy (non-hydrogen) atoms. The van der Waals surface area contributed by atoms with Gasteiger partial charge in [-0.25, -0.2) is 4.79 Å². The number of aliphatic hydroxyl groups excluding tert-OH is 1. The van der Waals surface area contributed by atoms with E-state index in [1.54, 1.807) is 0 Å². The van der Waals surface area contributed by atoms with Gasteiger partial charge in [-0.2, -0.15) is 0 Å². The summed E-state index contributed by atoms with van der Waals surface area (Å²) in [5.74, 6) is -0.910. The van der Waals surface area contributed by atoms with Crippen LogP contribution in [0.25, 0.3) is 0 Å². The highest BCUT2D eigenvalue weighted by Crippen LogP contribution is 2.22. The Labute approximate surface area is 110 Å². The minimum Gasteiger partial charge on any atom is -0.495 e. The van der Waals surface area contributed by atoms with Crippen molar-refractivity contribution in [3.8, 4) is 5.75 Å². The molecule has 1 atom stereocenters. The van der Waals surface area contributed by atoms with Gasteiger partial charge >= 0.3 is 5.97 Å². The van der Waals surface area contributed by atoms with Crippen molar-refractivity contribution in [1.82, 2.24) is 5.32 Å². The van der Waals surface area contributed by atoms with E-state index in [2.05, 4.69) is 10.1 Å². The van der Waals surface area contributed by atoms with Crippen molar-refractivity contribution < 1.29 is 24.2 Å². The molecule has 1 aromatic rings. The lowest BCUT2D eigenvalue weighted by Gasteiger charge is -2.14. The maximum atomic E-state index is 11.9. The highest BCUT2D eigenvalue weighted by atomic mass is 16.5. The van der Waals surface area contributed by atoms with Crippen LogP contribution >= 0.6 is 0 Å². The molecule has 0 spiro atoms. The van der Waals surface area contributed by atoms with E-state index in [0.717, 1.165) is 0 Å². The van der Waals surface area contributed by atoms with E-state index in [-0.39, 0.29) is 5.56 Å². The number of hydrogen-bond donors (Lipinski definition) is 3. The van der Waals surface area contributed by atoms with Gasteiger partial charge in [-0.3, -0.25) is 4.79 Å². The molecule has 104 valence electrons. The number of esters is 1. The van der Waals surface area contributed by atoms with Crippen molar-refractivity contribution in [3.05, 3.63) is 23.8 Å². The molecule has 7 heteroatoms. The molecule has 0 saturated heterocycles. The number of methoxy groups -OCH3 is 2. The van der Waals surface area contributed by atoms with E-state index >= 15 is 0 Å². The molecule has 4 N–H and O–H groups in total. The lowest BCUT2D eigenvalue weighted by atomic mass is 10.1. The van der Waals surface area contributed by atoms with Crippen molar-refractivity contribution in [2.24, 2.45) is 0 Å². The number of ether oxygens (including phenoxy) is 2. The second-order valence-corrected chi connectivity index (χ2v) is 3.69. The Morgan fingerprint density at radius 1 is 1.42 bits per heavy atom. The maximum Gasteiger partial charge on any atom is 0.330 e. The summed E-state index contributed by atoms with van der Waals surface area (Å²) in [6.45, 7) is -0.551. The van der Waals surface area contributed by atoms with Crippen molar-refractivity contribution in [3.63, 3.8) is 0 Å². The summed E-state index contributed by atoms with van der Waals surface area (Å²) < 4.78 is 9.44. The molecular weight excluding hydrogens is 252 g/mol.